The third-order valence-electron chi connectivity index (χ3n) is 3.86. The first-order valence-electron chi connectivity index (χ1n) is 7.29. The van der Waals surface area contributed by atoms with Crippen LogP contribution in [0.2, 0.25) is 0 Å². The fraction of sp³-hybridized carbons (Fsp3) is 0.188. The number of rotatable bonds is 4. The van der Waals surface area contributed by atoms with Crippen molar-refractivity contribution in [1.29, 1.82) is 0 Å². The van der Waals surface area contributed by atoms with Crippen molar-refractivity contribution in [2.45, 2.75) is 23.8 Å². The first-order valence-corrected chi connectivity index (χ1v) is 8.78. The summed E-state index contributed by atoms with van der Waals surface area (Å²) in [5.74, 6) is -0.333. The predicted octanol–water partition coefficient (Wildman–Crippen LogP) is 2.81. The van der Waals surface area contributed by atoms with Gasteiger partial charge in [-0.2, -0.15) is 5.10 Å². The minimum absolute atomic E-state index is 0.0739. The lowest BCUT2D eigenvalue weighted by Gasteiger charge is -2.06. The molecule has 3 aromatic rings. The summed E-state index contributed by atoms with van der Waals surface area (Å²) < 4.78 is 40.2. The summed E-state index contributed by atoms with van der Waals surface area (Å²) in [6.45, 7) is 0. The molecule has 0 radical (unpaired) electrons. The minimum Gasteiger partial charge on any atom is -0.277 e. The molecule has 1 fully saturated rings. The van der Waals surface area contributed by atoms with Crippen LogP contribution >= 0.6 is 0 Å². The number of hydrogen-bond acceptors (Lipinski definition) is 3. The zero-order valence-corrected chi connectivity index (χ0v) is 12.9. The van der Waals surface area contributed by atoms with Crippen molar-refractivity contribution in [1.82, 2.24) is 14.9 Å². The van der Waals surface area contributed by atoms with Crippen molar-refractivity contribution in [3.05, 3.63) is 48.3 Å². The second-order valence-electron chi connectivity index (χ2n) is 5.68. The fourth-order valence-electron chi connectivity index (χ4n) is 2.49. The Morgan fingerprint density at radius 1 is 1.13 bits per heavy atom. The molecular weight excluding hydrogens is 317 g/mol. The highest BCUT2D eigenvalue weighted by Crippen LogP contribution is 2.28. The van der Waals surface area contributed by atoms with Crippen LogP contribution in [0.3, 0.4) is 0 Å². The molecule has 0 unspecified atom stereocenters. The maximum Gasteiger partial charge on any atom is 0.240 e. The van der Waals surface area contributed by atoms with Crippen LogP contribution in [0.1, 0.15) is 12.8 Å². The Morgan fingerprint density at radius 2 is 1.87 bits per heavy atom. The van der Waals surface area contributed by atoms with Crippen LogP contribution < -0.4 is 4.72 Å². The van der Waals surface area contributed by atoms with E-state index in [-0.39, 0.29) is 16.8 Å². The van der Waals surface area contributed by atoms with E-state index in [0.29, 0.717) is 11.2 Å². The smallest absolute Gasteiger partial charge is 0.240 e. The number of aromatic nitrogens is 2. The Bertz CT molecular complexity index is 976. The van der Waals surface area contributed by atoms with Gasteiger partial charge in [0, 0.05) is 17.0 Å². The molecule has 23 heavy (non-hydrogen) atoms. The molecule has 1 aliphatic rings. The number of nitrogens with zero attached hydrogens (tertiary/aromatic N) is 1. The van der Waals surface area contributed by atoms with Gasteiger partial charge >= 0.3 is 0 Å². The van der Waals surface area contributed by atoms with Gasteiger partial charge in [-0.15, -0.1) is 0 Å². The zero-order valence-electron chi connectivity index (χ0n) is 12.1. The highest BCUT2D eigenvalue weighted by Gasteiger charge is 2.27. The monoisotopic (exact) mass is 331 g/mol. The molecule has 2 N–H and O–H groups in total. The summed E-state index contributed by atoms with van der Waals surface area (Å²) in [5.41, 5.74) is 2.04. The maximum atomic E-state index is 13.2. The van der Waals surface area contributed by atoms with Crippen LogP contribution in [0.25, 0.3) is 22.2 Å². The third kappa shape index (κ3) is 2.73. The maximum absolute atomic E-state index is 13.2. The highest BCUT2D eigenvalue weighted by atomic mass is 32.2. The van der Waals surface area contributed by atoms with Gasteiger partial charge in [-0.05, 0) is 43.2 Å². The van der Waals surface area contributed by atoms with E-state index in [1.165, 1.54) is 12.1 Å². The third-order valence-corrected chi connectivity index (χ3v) is 5.40. The van der Waals surface area contributed by atoms with Gasteiger partial charge in [0.1, 0.15) is 5.82 Å². The zero-order chi connectivity index (χ0) is 16.0. The molecule has 1 heterocycles. The second kappa shape index (κ2) is 5.14. The summed E-state index contributed by atoms with van der Waals surface area (Å²) in [6, 6.07) is 11.0. The second-order valence-corrected chi connectivity index (χ2v) is 7.40. The van der Waals surface area contributed by atoms with Gasteiger partial charge in [-0.1, -0.05) is 12.1 Å². The van der Waals surface area contributed by atoms with Gasteiger partial charge < -0.3 is 0 Å². The average Bonchev–Trinajstić information content (AvgIpc) is 3.23. The molecule has 0 amide bonds. The van der Waals surface area contributed by atoms with Gasteiger partial charge in [-0.3, -0.25) is 5.10 Å². The Kier molecular flexibility index (Phi) is 3.21. The van der Waals surface area contributed by atoms with E-state index in [1.807, 2.05) is 0 Å². The van der Waals surface area contributed by atoms with E-state index in [2.05, 4.69) is 14.9 Å². The standard InChI is InChI=1S/C16H14FN3O2S/c17-11-3-8-14-15(9-11)18-19-16(14)10-1-6-13(7-2-10)23(21,22)20-12-4-5-12/h1-3,6-9,12,20H,4-5H2,(H,18,19). The topological polar surface area (TPSA) is 74.8 Å². The summed E-state index contributed by atoms with van der Waals surface area (Å²) in [4.78, 5) is 0.235. The van der Waals surface area contributed by atoms with Crippen molar-refractivity contribution in [2.24, 2.45) is 0 Å². The van der Waals surface area contributed by atoms with Gasteiger partial charge in [-0.25, -0.2) is 17.5 Å². The molecule has 0 aliphatic heterocycles. The lowest BCUT2D eigenvalue weighted by atomic mass is 10.1. The van der Waals surface area contributed by atoms with Crippen LogP contribution in [-0.2, 0) is 10.0 Å². The first-order chi connectivity index (χ1) is 11.0. The molecule has 118 valence electrons. The van der Waals surface area contributed by atoms with E-state index in [4.69, 9.17) is 0 Å². The van der Waals surface area contributed by atoms with Crippen molar-refractivity contribution in [3.8, 4) is 11.3 Å². The molecule has 5 nitrogen and oxygen atoms in total. The predicted molar refractivity (Wildman–Crippen MR) is 84.8 cm³/mol. The van der Waals surface area contributed by atoms with Crippen LogP contribution in [0.15, 0.2) is 47.4 Å². The van der Waals surface area contributed by atoms with Crippen LogP contribution in [0, 0.1) is 5.82 Å². The number of sulfonamides is 1. The molecule has 2 aromatic carbocycles. The lowest BCUT2D eigenvalue weighted by Crippen LogP contribution is -2.25. The molecule has 1 saturated carbocycles. The molecule has 0 atom stereocenters. The normalized spacial score (nSPS) is 15.2. The number of fused-ring (bicyclic) bond motifs is 1. The molecule has 0 spiro atoms. The minimum atomic E-state index is -3.46. The number of benzene rings is 2. The number of halogens is 1. The van der Waals surface area contributed by atoms with Gasteiger partial charge in [0.05, 0.1) is 16.1 Å². The van der Waals surface area contributed by atoms with Crippen molar-refractivity contribution >= 4 is 20.9 Å². The molecule has 0 saturated heterocycles. The van der Waals surface area contributed by atoms with E-state index in [0.717, 1.165) is 23.8 Å². The molecule has 1 aliphatic carbocycles. The van der Waals surface area contributed by atoms with Gasteiger partial charge in [0.2, 0.25) is 10.0 Å². The van der Waals surface area contributed by atoms with Crippen LogP contribution in [-0.4, -0.2) is 24.7 Å². The first kappa shape index (κ1) is 14.3. The van der Waals surface area contributed by atoms with Crippen molar-refractivity contribution in [2.75, 3.05) is 0 Å². The van der Waals surface area contributed by atoms with E-state index < -0.39 is 10.0 Å². The number of aromatic amines is 1. The quantitative estimate of drug-likeness (QED) is 0.772. The molecule has 7 heteroatoms. The van der Waals surface area contributed by atoms with E-state index in [1.54, 1.807) is 30.3 Å². The Labute approximate surface area is 132 Å². The molecule has 1 aromatic heterocycles. The summed E-state index contributed by atoms with van der Waals surface area (Å²) in [5, 5.41) is 7.78. The van der Waals surface area contributed by atoms with Crippen molar-refractivity contribution in [3.63, 3.8) is 0 Å². The fourth-order valence-corrected chi connectivity index (χ4v) is 3.80. The SMILES string of the molecule is O=S(=O)(NC1CC1)c1ccc(-c2n[nH]c3cc(F)ccc23)cc1. The number of H-pyrrole nitrogens is 1. The largest absolute Gasteiger partial charge is 0.277 e. The molecular formula is C16H14FN3O2S. The summed E-state index contributed by atoms with van der Waals surface area (Å²) in [7, 11) is -3.46. The summed E-state index contributed by atoms with van der Waals surface area (Å²) >= 11 is 0. The van der Waals surface area contributed by atoms with Crippen LogP contribution in [0.5, 0.6) is 0 Å². The highest BCUT2D eigenvalue weighted by molar-refractivity contribution is 7.89. The average molecular weight is 331 g/mol. The van der Waals surface area contributed by atoms with E-state index >= 15 is 0 Å². The van der Waals surface area contributed by atoms with Crippen molar-refractivity contribution < 1.29 is 12.8 Å². The number of hydrogen-bond donors (Lipinski definition) is 2. The molecule has 0 bridgehead atoms. The Balaban J connectivity index is 1.69. The summed E-state index contributed by atoms with van der Waals surface area (Å²) in [6.07, 6.45) is 1.79. The Morgan fingerprint density at radius 3 is 2.57 bits per heavy atom. The van der Waals surface area contributed by atoms with E-state index in [9.17, 15) is 12.8 Å². The Hall–Kier alpha value is -2.25. The number of nitrogens with one attached hydrogen (secondary N) is 2. The van der Waals surface area contributed by atoms with Gasteiger partial charge in [0.15, 0.2) is 0 Å². The lowest BCUT2D eigenvalue weighted by molar-refractivity contribution is 0.581. The molecule has 4 rings (SSSR count). The van der Waals surface area contributed by atoms with Crippen LogP contribution in [0.4, 0.5) is 4.39 Å². The van der Waals surface area contributed by atoms with Gasteiger partial charge in [0.25, 0.3) is 0 Å².